The minimum absolute atomic E-state index is 0.0373. The molecule has 2 fully saturated rings. The molecule has 22 heavy (non-hydrogen) atoms. The van der Waals surface area contributed by atoms with Gasteiger partial charge >= 0.3 is 0 Å². The van der Waals surface area contributed by atoms with E-state index in [1.54, 1.807) is 0 Å². The zero-order valence-corrected chi connectivity index (χ0v) is 13.7. The molecule has 1 amide bonds. The lowest BCUT2D eigenvalue weighted by Crippen LogP contribution is -2.47. The zero-order valence-electron chi connectivity index (χ0n) is 13.7. The second-order valence-corrected chi connectivity index (χ2v) is 6.05. The number of carbonyl (C=O) groups excluding carboxylic acids is 1. The van der Waals surface area contributed by atoms with Gasteiger partial charge in [0.25, 0.3) is 11.7 Å². The number of amides is 1. The molecule has 1 aliphatic carbocycles. The molecular weight excluding hydrogens is 278 g/mol. The summed E-state index contributed by atoms with van der Waals surface area (Å²) in [5.74, 6) is -0.564. The van der Waals surface area contributed by atoms with E-state index in [0.29, 0.717) is 19.1 Å². The Morgan fingerprint density at radius 1 is 1.23 bits per heavy atom. The summed E-state index contributed by atoms with van der Waals surface area (Å²) >= 11 is 0. The van der Waals surface area contributed by atoms with Gasteiger partial charge in [-0.2, -0.15) is 0 Å². The highest BCUT2D eigenvalue weighted by Crippen LogP contribution is 2.47. The van der Waals surface area contributed by atoms with E-state index in [9.17, 15) is 4.79 Å². The standard InChI is InChI=1S/C16H19NO3.C2H6/c1-11-3-6-14-13(9-11)16(19-7-2-8-20-16)15(18)17(14)10-12-4-5-12;1-2/h3,6,9,12H,2,4-5,7-8,10H2,1H3;1-2H3. The first-order valence-corrected chi connectivity index (χ1v) is 8.42. The summed E-state index contributed by atoms with van der Waals surface area (Å²) in [6, 6.07) is 6.11. The Hall–Kier alpha value is -1.39. The third kappa shape index (κ3) is 2.44. The summed E-state index contributed by atoms with van der Waals surface area (Å²) < 4.78 is 11.7. The first-order chi connectivity index (χ1) is 10.7. The van der Waals surface area contributed by atoms with Crippen molar-refractivity contribution in [3.8, 4) is 0 Å². The molecule has 0 aromatic heterocycles. The number of anilines is 1. The molecule has 1 aromatic rings. The molecule has 2 aliphatic heterocycles. The van der Waals surface area contributed by atoms with E-state index >= 15 is 0 Å². The summed E-state index contributed by atoms with van der Waals surface area (Å²) in [5.41, 5.74) is 2.99. The van der Waals surface area contributed by atoms with Crippen LogP contribution in [0.3, 0.4) is 0 Å². The lowest BCUT2D eigenvalue weighted by atomic mass is 10.0. The minimum Gasteiger partial charge on any atom is -0.338 e. The van der Waals surface area contributed by atoms with Crippen LogP contribution in [-0.2, 0) is 20.1 Å². The van der Waals surface area contributed by atoms with E-state index in [4.69, 9.17) is 9.47 Å². The zero-order chi connectivity index (χ0) is 15.7. The molecular formula is C18H25NO3. The predicted molar refractivity (Wildman–Crippen MR) is 85.8 cm³/mol. The van der Waals surface area contributed by atoms with E-state index in [2.05, 4.69) is 0 Å². The van der Waals surface area contributed by atoms with Crippen LogP contribution in [0.1, 0.15) is 44.2 Å². The monoisotopic (exact) mass is 303 g/mol. The van der Waals surface area contributed by atoms with Crippen molar-refractivity contribution in [2.75, 3.05) is 24.7 Å². The molecule has 1 aromatic carbocycles. The number of rotatable bonds is 2. The second kappa shape index (κ2) is 6.01. The summed E-state index contributed by atoms with van der Waals surface area (Å²) in [7, 11) is 0. The second-order valence-electron chi connectivity index (χ2n) is 6.05. The number of fused-ring (bicyclic) bond motifs is 2. The number of nitrogens with zero attached hydrogens (tertiary/aromatic N) is 1. The van der Waals surface area contributed by atoms with Gasteiger partial charge in [-0.15, -0.1) is 0 Å². The molecule has 0 N–H and O–H groups in total. The molecule has 1 saturated heterocycles. The summed E-state index contributed by atoms with van der Waals surface area (Å²) in [6.07, 6.45) is 3.29. The SMILES string of the molecule is CC.Cc1ccc2c(c1)C1(OCCCO1)C(=O)N2CC1CC1. The highest BCUT2D eigenvalue weighted by Gasteiger charge is 2.55. The Morgan fingerprint density at radius 2 is 1.91 bits per heavy atom. The summed E-state index contributed by atoms with van der Waals surface area (Å²) in [6.45, 7) is 7.99. The highest BCUT2D eigenvalue weighted by atomic mass is 16.7. The first-order valence-electron chi connectivity index (χ1n) is 8.42. The van der Waals surface area contributed by atoms with Crippen molar-refractivity contribution in [3.05, 3.63) is 29.3 Å². The van der Waals surface area contributed by atoms with Gasteiger partial charge in [-0.1, -0.05) is 25.5 Å². The van der Waals surface area contributed by atoms with Crippen LogP contribution in [0.15, 0.2) is 18.2 Å². The topological polar surface area (TPSA) is 38.8 Å². The average molecular weight is 303 g/mol. The van der Waals surface area contributed by atoms with Gasteiger partial charge in [0, 0.05) is 12.1 Å². The maximum atomic E-state index is 12.9. The number of aryl methyl sites for hydroxylation is 1. The molecule has 0 radical (unpaired) electrons. The molecule has 0 unspecified atom stereocenters. The fraction of sp³-hybridized carbons (Fsp3) is 0.611. The maximum absolute atomic E-state index is 12.9. The van der Waals surface area contributed by atoms with Gasteiger partial charge in [-0.25, -0.2) is 0 Å². The fourth-order valence-corrected chi connectivity index (χ4v) is 3.10. The Labute approximate surface area is 132 Å². The van der Waals surface area contributed by atoms with Crippen LogP contribution in [0, 0.1) is 12.8 Å². The third-order valence-corrected chi connectivity index (χ3v) is 4.36. The first kappa shape index (κ1) is 15.5. The van der Waals surface area contributed by atoms with Gasteiger partial charge in [0.2, 0.25) is 0 Å². The van der Waals surface area contributed by atoms with Crippen LogP contribution >= 0.6 is 0 Å². The Balaban J connectivity index is 0.000000693. The van der Waals surface area contributed by atoms with Crippen molar-refractivity contribution < 1.29 is 14.3 Å². The number of hydrogen-bond acceptors (Lipinski definition) is 3. The van der Waals surface area contributed by atoms with Gasteiger partial charge in [0.1, 0.15) is 0 Å². The minimum atomic E-state index is -1.17. The molecule has 4 rings (SSSR count). The summed E-state index contributed by atoms with van der Waals surface area (Å²) in [4.78, 5) is 14.8. The van der Waals surface area contributed by atoms with E-state index in [-0.39, 0.29) is 5.91 Å². The van der Waals surface area contributed by atoms with Crippen molar-refractivity contribution in [3.63, 3.8) is 0 Å². The van der Waals surface area contributed by atoms with Crippen molar-refractivity contribution in [1.82, 2.24) is 0 Å². The molecule has 3 aliphatic rings. The average Bonchev–Trinajstić information content (AvgIpc) is 3.36. The van der Waals surface area contributed by atoms with Crippen molar-refractivity contribution in [2.24, 2.45) is 5.92 Å². The van der Waals surface area contributed by atoms with Gasteiger partial charge in [-0.3, -0.25) is 4.79 Å². The molecule has 4 heteroatoms. The molecule has 1 spiro atoms. The number of ether oxygens (including phenoxy) is 2. The van der Waals surface area contributed by atoms with Crippen LogP contribution in [0.5, 0.6) is 0 Å². The van der Waals surface area contributed by atoms with Crippen LogP contribution < -0.4 is 4.90 Å². The van der Waals surface area contributed by atoms with Crippen molar-refractivity contribution >= 4 is 11.6 Å². The Morgan fingerprint density at radius 3 is 2.55 bits per heavy atom. The van der Waals surface area contributed by atoms with Crippen LogP contribution in [0.4, 0.5) is 5.69 Å². The Bertz CT molecular complexity index is 559. The molecule has 2 heterocycles. The third-order valence-electron chi connectivity index (χ3n) is 4.36. The van der Waals surface area contributed by atoms with Gasteiger partial charge in [0.15, 0.2) is 0 Å². The largest absolute Gasteiger partial charge is 0.338 e. The lowest BCUT2D eigenvalue weighted by molar-refractivity contribution is -0.256. The quantitative estimate of drug-likeness (QED) is 0.841. The Kier molecular flexibility index (Phi) is 4.24. The van der Waals surface area contributed by atoms with Gasteiger partial charge in [0.05, 0.1) is 18.9 Å². The van der Waals surface area contributed by atoms with E-state index in [1.165, 1.54) is 12.8 Å². The molecule has 0 bridgehead atoms. The normalized spacial score (nSPS) is 22.3. The molecule has 120 valence electrons. The van der Waals surface area contributed by atoms with Crippen molar-refractivity contribution in [2.45, 2.75) is 45.8 Å². The molecule has 0 atom stereocenters. The van der Waals surface area contributed by atoms with Crippen LogP contribution in [0.25, 0.3) is 0 Å². The number of benzene rings is 1. The summed E-state index contributed by atoms with van der Waals surface area (Å²) in [5, 5.41) is 0. The highest BCUT2D eigenvalue weighted by molar-refractivity contribution is 6.06. The van der Waals surface area contributed by atoms with Crippen LogP contribution in [-0.4, -0.2) is 25.7 Å². The van der Waals surface area contributed by atoms with Gasteiger partial charge in [-0.05, 0) is 44.2 Å². The van der Waals surface area contributed by atoms with Crippen LogP contribution in [0.2, 0.25) is 0 Å². The van der Waals surface area contributed by atoms with E-state index < -0.39 is 5.79 Å². The van der Waals surface area contributed by atoms with E-state index in [1.807, 2.05) is 43.9 Å². The maximum Gasteiger partial charge on any atom is 0.292 e. The van der Waals surface area contributed by atoms with Gasteiger partial charge < -0.3 is 14.4 Å². The number of carbonyl (C=O) groups is 1. The molecule has 4 nitrogen and oxygen atoms in total. The smallest absolute Gasteiger partial charge is 0.292 e. The van der Waals surface area contributed by atoms with Crippen molar-refractivity contribution in [1.29, 1.82) is 0 Å². The lowest BCUT2D eigenvalue weighted by Gasteiger charge is -2.32. The van der Waals surface area contributed by atoms with E-state index in [0.717, 1.165) is 29.8 Å². The predicted octanol–water partition coefficient (Wildman–Crippen LogP) is 3.37. The molecule has 1 saturated carbocycles. The fourth-order valence-electron chi connectivity index (χ4n) is 3.10. The number of hydrogen-bond donors (Lipinski definition) is 0.